The Kier molecular flexibility index (Phi) is 5.00. The first-order chi connectivity index (χ1) is 20.8. The Morgan fingerprint density at radius 1 is 0.524 bits per heavy atom. The minimum absolute atomic E-state index is 0.574. The van der Waals surface area contributed by atoms with Crippen LogP contribution in [0, 0.1) is 0 Å². The van der Waals surface area contributed by atoms with Gasteiger partial charge in [-0.2, -0.15) is 9.97 Å². The van der Waals surface area contributed by atoms with Crippen molar-refractivity contribution in [3.05, 3.63) is 128 Å². The molecule has 0 N–H and O–H groups in total. The second-order valence-corrected chi connectivity index (χ2v) is 11.3. The number of nitrogens with zero attached hydrogens (tertiary/aromatic N) is 5. The SMILES string of the molecule is c1ccc(-c2nc(-c3ccccc3)nc(-n3c4cccnc4c4c5ccccc5c5c6ccccc6sc5c43)n2)cc1. The smallest absolute Gasteiger partial charge is 0.238 e. The van der Waals surface area contributed by atoms with Crippen molar-refractivity contribution in [2.45, 2.75) is 0 Å². The zero-order chi connectivity index (χ0) is 27.6. The molecule has 5 nitrogen and oxygen atoms in total. The molecule has 0 spiro atoms. The fraction of sp³-hybridized carbons (Fsp3) is 0. The van der Waals surface area contributed by atoms with Crippen LogP contribution in [0.15, 0.2) is 128 Å². The highest BCUT2D eigenvalue weighted by Crippen LogP contribution is 2.47. The van der Waals surface area contributed by atoms with E-state index in [0.29, 0.717) is 17.6 Å². The summed E-state index contributed by atoms with van der Waals surface area (Å²) >= 11 is 1.81. The molecule has 6 heteroatoms. The molecule has 4 aromatic heterocycles. The highest BCUT2D eigenvalue weighted by molar-refractivity contribution is 7.27. The van der Waals surface area contributed by atoms with Gasteiger partial charge in [0, 0.05) is 38.2 Å². The standard InChI is InChI=1S/C36H21N5S/c1-3-12-22(13-4-1)34-38-35(23-14-5-2-6-15-23)40-36(39-34)41-27-19-11-21-37-31(27)30-25-17-8-7-16-24(25)29-26-18-9-10-20-28(26)42-33(29)32(30)41/h1-21H. The maximum absolute atomic E-state index is 5.13. The number of benzene rings is 5. The van der Waals surface area contributed by atoms with Crippen molar-refractivity contribution in [1.29, 1.82) is 0 Å². The summed E-state index contributed by atoms with van der Waals surface area (Å²) in [7, 11) is 0. The van der Waals surface area contributed by atoms with Gasteiger partial charge in [0.05, 0.1) is 21.3 Å². The second-order valence-electron chi connectivity index (χ2n) is 10.3. The number of aromatic nitrogens is 5. The molecule has 0 radical (unpaired) electrons. The van der Waals surface area contributed by atoms with E-state index < -0.39 is 0 Å². The van der Waals surface area contributed by atoms with Crippen molar-refractivity contribution >= 4 is 64.2 Å². The van der Waals surface area contributed by atoms with Crippen LogP contribution >= 0.6 is 11.3 Å². The molecule has 0 amide bonds. The topological polar surface area (TPSA) is 56.5 Å². The van der Waals surface area contributed by atoms with Crippen LogP contribution in [0.5, 0.6) is 0 Å². The molecule has 0 fully saturated rings. The summed E-state index contributed by atoms with van der Waals surface area (Å²) in [6.45, 7) is 0. The third kappa shape index (κ3) is 3.36. The molecule has 0 bridgehead atoms. The van der Waals surface area contributed by atoms with Gasteiger partial charge in [-0.1, -0.05) is 103 Å². The Labute approximate surface area is 244 Å². The Morgan fingerprint density at radius 2 is 1.12 bits per heavy atom. The maximum Gasteiger partial charge on any atom is 0.238 e. The lowest BCUT2D eigenvalue weighted by Crippen LogP contribution is -2.06. The number of hydrogen-bond acceptors (Lipinski definition) is 5. The Morgan fingerprint density at radius 3 is 1.81 bits per heavy atom. The van der Waals surface area contributed by atoms with Gasteiger partial charge in [-0.15, -0.1) is 11.3 Å². The average Bonchev–Trinajstić information content (AvgIpc) is 3.62. The van der Waals surface area contributed by atoms with Gasteiger partial charge < -0.3 is 0 Å². The van der Waals surface area contributed by atoms with Crippen LogP contribution in [-0.4, -0.2) is 24.5 Å². The fourth-order valence-electron chi connectivity index (χ4n) is 6.09. The number of fused-ring (bicyclic) bond motifs is 10. The van der Waals surface area contributed by atoms with Crippen molar-refractivity contribution < 1.29 is 0 Å². The van der Waals surface area contributed by atoms with E-state index in [4.69, 9.17) is 19.9 Å². The largest absolute Gasteiger partial charge is 0.275 e. The quantitative estimate of drug-likeness (QED) is 0.218. The molecule has 9 rings (SSSR count). The molecule has 0 saturated carbocycles. The van der Waals surface area contributed by atoms with E-state index >= 15 is 0 Å². The third-order valence-electron chi connectivity index (χ3n) is 7.89. The highest BCUT2D eigenvalue weighted by atomic mass is 32.1. The molecule has 4 heterocycles. The van der Waals surface area contributed by atoms with Crippen LogP contribution in [0.2, 0.25) is 0 Å². The van der Waals surface area contributed by atoms with Gasteiger partial charge in [-0.3, -0.25) is 9.55 Å². The van der Waals surface area contributed by atoms with Gasteiger partial charge in [0.1, 0.15) is 0 Å². The molecule has 9 aromatic rings. The number of pyridine rings is 1. The van der Waals surface area contributed by atoms with E-state index in [-0.39, 0.29) is 0 Å². The Balaban J connectivity index is 1.50. The number of thiophene rings is 1. The average molecular weight is 556 g/mol. The van der Waals surface area contributed by atoms with Crippen LogP contribution < -0.4 is 0 Å². The Bertz CT molecular complexity index is 2400. The monoisotopic (exact) mass is 555 g/mol. The van der Waals surface area contributed by atoms with E-state index in [1.807, 2.05) is 84.3 Å². The zero-order valence-corrected chi connectivity index (χ0v) is 23.1. The van der Waals surface area contributed by atoms with Gasteiger partial charge in [-0.25, -0.2) is 4.98 Å². The summed E-state index contributed by atoms with van der Waals surface area (Å²) < 4.78 is 4.65. The second kappa shape index (κ2) is 9.03. The molecule has 42 heavy (non-hydrogen) atoms. The molecule has 0 aliphatic heterocycles. The van der Waals surface area contributed by atoms with Gasteiger partial charge in [0.2, 0.25) is 5.95 Å². The molecular formula is C36H21N5S. The highest BCUT2D eigenvalue weighted by Gasteiger charge is 2.24. The molecule has 0 aliphatic carbocycles. The first-order valence-corrected chi connectivity index (χ1v) is 14.7. The van der Waals surface area contributed by atoms with Crippen molar-refractivity contribution in [2.24, 2.45) is 0 Å². The van der Waals surface area contributed by atoms with E-state index in [1.54, 1.807) is 0 Å². The normalized spacial score (nSPS) is 11.8. The predicted octanol–water partition coefficient (Wildman–Crippen LogP) is 9.22. The van der Waals surface area contributed by atoms with E-state index in [9.17, 15) is 0 Å². The molecule has 0 aliphatic rings. The first kappa shape index (κ1) is 23.3. The van der Waals surface area contributed by atoms with Crippen LogP contribution in [0.25, 0.3) is 81.6 Å². The van der Waals surface area contributed by atoms with Crippen molar-refractivity contribution in [3.63, 3.8) is 0 Å². The lowest BCUT2D eigenvalue weighted by Gasteiger charge is -2.11. The number of rotatable bonds is 3. The molecule has 0 unspecified atom stereocenters. The predicted molar refractivity (Wildman–Crippen MR) is 173 cm³/mol. The molecule has 5 aromatic carbocycles. The van der Waals surface area contributed by atoms with Gasteiger partial charge in [0.15, 0.2) is 11.6 Å². The van der Waals surface area contributed by atoms with Crippen LogP contribution in [0.1, 0.15) is 0 Å². The van der Waals surface area contributed by atoms with Gasteiger partial charge >= 0.3 is 0 Å². The maximum atomic E-state index is 5.13. The summed E-state index contributed by atoms with van der Waals surface area (Å²) in [5.41, 5.74) is 4.85. The molecule has 0 atom stereocenters. The van der Waals surface area contributed by atoms with Crippen LogP contribution in [0.3, 0.4) is 0 Å². The van der Waals surface area contributed by atoms with Gasteiger partial charge in [-0.05, 0) is 29.0 Å². The van der Waals surface area contributed by atoms with E-state index in [0.717, 1.165) is 33.1 Å². The zero-order valence-electron chi connectivity index (χ0n) is 22.3. The lowest BCUT2D eigenvalue weighted by atomic mass is 10.00. The molecule has 0 saturated heterocycles. The summed E-state index contributed by atoms with van der Waals surface area (Å²) in [5, 5.41) is 6.02. The minimum atomic E-state index is 0.574. The number of hydrogen-bond donors (Lipinski definition) is 0. The minimum Gasteiger partial charge on any atom is -0.275 e. The van der Waals surface area contributed by atoms with Gasteiger partial charge in [0.25, 0.3) is 0 Å². The molecular weight excluding hydrogens is 534 g/mol. The van der Waals surface area contributed by atoms with Crippen molar-refractivity contribution in [1.82, 2.24) is 24.5 Å². The van der Waals surface area contributed by atoms with Crippen molar-refractivity contribution in [2.75, 3.05) is 0 Å². The van der Waals surface area contributed by atoms with E-state index in [2.05, 4.69) is 59.2 Å². The van der Waals surface area contributed by atoms with Crippen LogP contribution in [-0.2, 0) is 0 Å². The summed E-state index contributed by atoms with van der Waals surface area (Å²) in [6.07, 6.45) is 1.87. The van der Waals surface area contributed by atoms with Crippen LogP contribution in [0.4, 0.5) is 0 Å². The van der Waals surface area contributed by atoms with E-state index in [1.165, 1.54) is 30.9 Å². The Hall–Kier alpha value is -5.46. The fourth-order valence-corrected chi connectivity index (χ4v) is 7.35. The lowest BCUT2D eigenvalue weighted by molar-refractivity contribution is 0.955. The summed E-state index contributed by atoms with van der Waals surface area (Å²) in [5.74, 6) is 1.84. The summed E-state index contributed by atoms with van der Waals surface area (Å²) in [4.78, 5) is 20.1. The van der Waals surface area contributed by atoms with Crippen molar-refractivity contribution in [3.8, 4) is 28.7 Å². The molecule has 196 valence electrons. The first-order valence-electron chi connectivity index (χ1n) is 13.8. The third-order valence-corrected chi connectivity index (χ3v) is 9.07. The summed E-state index contributed by atoms with van der Waals surface area (Å²) in [6, 6.07) is 41.6.